The number of methoxy groups -OCH3 is 1. The summed E-state index contributed by atoms with van der Waals surface area (Å²) in [6.07, 6.45) is 0.933. The van der Waals surface area contributed by atoms with Crippen LogP contribution in [-0.4, -0.2) is 30.2 Å². The summed E-state index contributed by atoms with van der Waals surface area (Å²) in [4.78, 5) is 8.90. The fourth-order valence-corrected chi connectivity index (χ4v) is 1.53. The van der Waals surface area contributed by atoms with Gasteiger partial charge in [-0.25, -0.2) is 15.8 Å². The van der Waals surface area contributed by atoms with Gasteiger partial charge in [0.25, 0.3) is 0 Å². The molecule has 4 N–H and O–H groups in total. The maximum Gasteiger partial charge on any atom is 0.148 e. The van der Waals surface area contributed by atoms with Crippen molar-refractivity contribution in [3.05, 3.63) is 11.4 Å². The molecule has 0 aromatic carbocycles. The fourth-order valence-electron chi connectivity index (χ4n) is 1.53. The number of hydrazine groups is 1. The van der Waals surface area contributed by atoms with E-state index in [0.717, 1.165) is 36.8 Å². The largest absolute Gasteiger partial charge is 0.385 e. The van der Waals surface area contributed by atoms with Crippen molar-refractivity contribution in [1.82, 2.24) is 9.97 Å². The van der Waals surface area contributed by atoms with Crippen LogP contribution in [0.4, 0.5) is 11.6 Å². The number of hydrogen-bond donors (Lipinski definition) is 3. The molecule has 6 nitrogen and oxygen atoms in total. The van der Waals surface area contributed by atoms with Gasteiger partial charge in [-0.05, 0) is 13.3 Å². The van der Waals surface area contributed by atoms with E-state index in [1.807, 2.05) is 6.92 Å². The van der Waals surface area contributed by atoms with Gasteiger partial charge in [-0.3, -0.25) is 0 Å². The van der Waals surface area contributed by atoms with Gasteiger partial charge in [0.1, 0.15) is 17.5 Å². The standard InChI is InChI=1S/C12H23N5O/c1-8(2)10-15-11(14-6-5-7-18-4)9(3)12(16-10)17-13/h8H,5-7,13H2,1-4H3,(H2,14,15,16,17). The normalized spacial score (nSPS) is 10.8. The van der Waals surface area contributed by atoms with Crippen molar-refractivity contribution in [2.24, 2.45) is 5.84 Å². The predicted molar refractivity (Wildman–Crippen MR) is 73.7 cm³/mol. The Labute approximate surface area is 108 Å². The summed E-state index contributed by atoms with van der Waals surface area (Å²) in [6.45, 7) is 7.60. The first-order chi connectivity index (χ1) is 8.60. The molecule has 0 radical (unpaired) electrons. The zero-order valence-corrected chi connectivity index (χ0v) is 11.6. The van der Waals surface area contributed by atoms with Gasteiger partial charge in [-0.2, -0.15) is 0 Å². The number of ether oxygens (including phenoxy) is 1. The molecule has 0 saturated heterocycles. The van der Waals surface area contributed by atoms with Crippen LogP contribution in [0.2, 0.25) is 0 Å². The number of nitrogens with two attached hydrogens (primary N) is 1. The molecule has 0 aliphatic rings. The Morgan fingerprint density at radius 2 is 1.94 bits per heavy atom. The maximum atomic E-state index is 5.48. The van der Waals surface area contributed by atoms with Crippen LogP contribution in [0.15, 0.2) is 0 Å². The zero-order valence-electron chi connectivity index (χ0n) is 11.6. The molecular weight excluding hydrogens is 230 g/mol. The minimum atomic E-state index is 0.261. The van der Waals surface area contributed by atoms with Crippen molar-refractivity contribution in [3.63, 3.8) is 0 Å². The third-order valence-corrected chi connectivity index (χ3v) is 2.63. The van der Waals surface area contributed by atoms with E-state index in [0.29, 0.717) is 5.82 Å². The monoisotopic (exact) mass is 253 g/mol. The minimum absolute atomic E-state index is 0.261. The summed E-state index contributed by atoms with van der Waals surface area (Å²) >= 11 is 0. The fraction of sp³-hybridized carbons (Fsp3) is 0.667. The second-order valence-corrected chi connectivity index (χ2v) is 4.48. The lowest BCUT2D eigenvalue weighted by Crippen LogP contribution is -2.16. The van der Waals surface area contributed by atoms with Crippen LogP contribution >= 0.6 is 0 Å². The maximum absolute atomic E-state index is 5.48. The Balaban J connectivity index is 2.84. The summed E-state index contributed by atoms with van der Waals surface area (Å²) < 4.78 is 5.01. The van der Waals surface area contributed by atoms with Gasteiger partial charge in [0.2, 0.25) is 0 Å². The number of hydrogen-bond acceptors (Lipinski definition) is 6. The Morgan fingerprint density at radius 3 is 2.50 bits per heavy atom. The van der Waals surface area contributed by atoms with Gasteiger partial charge in [-0.15, -0.1) is 0 Å². The van der Waals surface area contributed by atoms with Gasteiger partial charge >= 0.3 is 0 Å². The van der Waals surface area contributed by atoms with Crippen LogP contribution in [0, 0.1) is 6.92 Å². The van der Waals surface area contributed by atoms with Gasteiger partial charge in [0.05, 0.1) is 0 Å². The lowest BCUT2D eigenvalue weighted by molar-refractivity contribution is 0.197. The third kappa shape index (κ3) is 3.82. The smallest absolute Gasteiger partial charge is 0.148 e. The van der Waals surface area contributed by atoms with E-state index in [1.54, 1.807) is 7.11 Å². The van der Waals surface area contributed by atoms with Gasteiger partial charge in [0, 0.05) is 31.7 Å². The van der Waals surface area contributed by atoms with Crippen LogP contribution < -0.4 is 16.6 Å². The molecular formula is C12H23N5O. The van der Waals surface area contributed by atoms with Crippen molar-refractivity contribution in [1.29, 1.82) is 0 Å². The van der Waals surface area contributed by atoms with E-state index in [-0.39, 0.29) is 5.92 Å². The first kappa shape index (κ1) is 14.7. The van der Waals surface area contributed by atoms with Crippen LogP contribution in [0.5, 0.6) is 0 Å². The zero-order chi connectivity index (χ0) is 13.5. The van der Waals surface area contributed by atoms with Crippen LogP contribution in [-0.2, 0) is 4.74 Å². The van der Waals surface area contributed by atoms with Crippen molar-refractivity contribution in [3.8, 4) is 0 Å². The summed E-state index contributed by atoms with van der Waals surface area (Å²) in [5.74, 6) is 8.02. The highest BCUT2D eigenvalue weighted by Gasteiger charge is 2.11. The van der Waals surface area contributed by atoms with Crippen molar-refractivity contribution >= 4 is 11.6 Å². The number of anilines is 2. The molecule has 0 fully saturated rings. The van der Waals surface area contributed by atoms with Gasteiger partial charge in [0.15, 0.2) is 0 Å². The van der Waals surface area contributed by atoms with Gasteiger partial charge in [-0.1, -0.05) is 13.8 Å². The molecule has 0 aliphatic carbocycles. The lowest BCUT2D eigenvalue weighted by Gasteiger charge is -2.14. The topological polar surface area (TPSA) is 85.1 Å². The molecule has 6 heteroatoms. The molecule has 0 spiro atoms. The Hall–Kier alpha value is -1.40. The Bertz CT molecular complexity index is 381. The Kier molecular flexibility index (Phi) is 5.80. The van der Waals surface area contributed by atoms with E-state index in [2.05, 4.69) is 34.6 Å². The highest BCUT2D eigenvalue weighted by atomic mass is 16.5. The second-order valence-electron chi connectivity index (χ2n) is 4.48. The quantitative estimate of drug-likeness (QED) is 0.389. The second kappa shape index (κ2) is 7.13. The van der Waals surface area contributed by atoms with Crippen LogP contribution in [0.25, 0.3) is 0 Å². The Morgan fingerprint density at radius 1 is 1.28 bits per heavy atom. The highest BCUT2D eigenvalue weighted by Crippen LogP contribution is 2.22. The molecule has 1 aromatic rings. The molecule has 0 aliphatic heterocycles. The summed E-state index contributed by atoms with van der Waals surface area (Å²) in [5.41, 5.74) is 3.55. The van der Waals surface area contributed by atoms with Crippen LogP contribution in [0.1, 0.15) is 37.6 Å². The van der Waals surface area contributed by atoms with Crippen molar-refractivity contribution in [2.75, 3.05) is 31.0 Å². The molecule has 0 atom stereocenters. The molecule has 18 heavy (non-hydrogen) atoms. The predicted octanol–water partition coefficient (Wildman–Crippen LogP) is 1.64. The molecule has 0 bridgehead atoms. The lowest BCUT2D eigenvalue weighted by atomic mass is 10.2. The van der Waals surface area contributed by atoms with E-state index in [1.165, 1.54) is 0 Å². The van der Waals surface area contributed by atoms with E-state index < -0.39 is 0 Å². The van der Waals surface area contributed by atoms with E-state index in [4.69, 9.17) is 10.6 Å². The van der Waals surface area contributed by atoms with E-state index >= 15 is 0 Å². The number of nitrogens with one attached hydrogen (secondary N) is 2. The van der Waals surface area contributed by atoms with Crippen molar-refractivity contribution in [2.45, 2.75) is 33.1 Å². The molecule has 102 valence electrons. The molecule has 1 aromatic heterocycles. The highest BCUT2D eigenvalue weighted by molar-refractivity contribution is 5.56. The average Bonchev–Trinajstić information content (AvgIpc) is 2.36. The van der Waals surface area contributed by atoms with Crippen LogP contribution in [0.3, 0.4) is 0 Å². The number of nitrogens with zero attached hydrogens (tertiary/aromatic N) is 2. The summed E-state index contributed by atoms with van der Waals surface area (Å²) in [6, 6.07) is 0. The molecule has 0 amide bonds. The molecule has 1 heterocycles. The number of rotatable bonds is 7. The SMILES string of the molecule is COCCCNc1nc(C(C)C)nc(NN)c1C. The first-order valence-electron chi connectivity index (χ1n) is 6.18. The number of nitrogen functional groups attached to an aromatic ring is 1. The molecule has 1 rings (SSSR count). The minimum Gasteiger partial charge on any atom is -0.385 e. The number of aromatic nitrogens is 2. The average molecular weight is 253 g/mol. The van der Waals surface area contributed by atoms with E-state index in [9.17, 15) is 0 Å². The molecule has 0 saturated carbocycles. The summed E-state index contributed by atoms with van der Waals surface area (Å²) in [5, 5.41) is 3.29. The first-order valence-corrected chi connectivity index (χ1v) is 6.18. The third-order valence-electron chi connectivity index (χ3n) is 2.63. The summed E-state index contributed by atoms with van der Waals surface area (Å²) in [7, 11) is 1.70. The van der Waals surface area contributed by atoms with Crippen molar-refractivity contribution < 1.29 is 4.74 Å². The molecule has 0 unspecified atom stereocenters. The van der Waals surface area contributed by atoms with Gasteiger partial charge < -0.3 is 15.5 Å².